The zero-order valence-corrected chi connectivity index (χ0v) is 11.4. The molecular formula is C15H13N5O. The molecule has 0 atom stereocenters. The van der Waals surface area contributed by atoms with Crippen LogP contribution >= 0.6 is 0 Å². The van der Waals surface area contributed by atoms with Crippen molar-refractivity contribution in [3.63, 3.8) is 0 Å². The molecule has 104 valence electrons. The van der Waals surface area contributed by atoms with Gasteiger partial charge in [0.05, 0.1) is 5.52 Å². The van der Waals surface area contributed by atoms with Crippen molar-refractivity contribution in [1.29, 1.82) is 0 Å². The summed E-state index contributed by atoms with van der Waals surface area (Å²) in [6.07, 6.45) is 1.74. The van der Waals surface area contributed by atoms with Gasteiger partial charge in [0.25, 0.3) is 5.91 Å². The number of carbonyl (C=O) groups is 1. The Kier molecular flexibility index (Phi) is 3.42. The van der Waals surface area contributed by atoms with Gasteiger partial charge in [-0.3, -0.25) is 9.78 Å². The number of hydrogen-bond acceptors (Lipinski definition) is 5. The number of carbonyl (C=O) groups excluding carboxylic acids is 1. The minimum atomic E-state index is -0.298. The Morgan fingerprint density at radius 3 is 2.76 bits per heavy atom. The Labute approximate surface area is 121 Å². The SMILES string of the molecule is CNc1ccc(C(=O)Nc2ccc3ncccc3c2)nn1. The molecule has 3 rings (SSSR count). The number of aromatic nitrogens is 3. The van der Waals surface area contributed by atoms with Crippen LogP contribution in [0.5, 0.6) is 0 Å². The highest BCUT2D eigenvalue weighted by Crippen LogP contribution is 2.17. The highest BCUT2D eigenvalue weighted by molar-refractivity contribution is 6.03. The van der Waals surface area contributed by atoms with Crippen molar-refractivity contribution < 1.29 is 4.79 Å². The van der Waals surface area contributed by atoms with Gasteiger partial charge in [-0.05, 0) is 36.4 Å². The van der Waals surface area contributed by atoms with E-state index in [-0.39, 0.29) is 11.6 Å². The zero-order valence-electron chi connectivity index (χ0n) is 11.4. The lowest BCUT2D eigenvalue weighted by molar-refractivity contribution is 0.102. The molecule has 3 aromatic rings. The van der Waals surface area contributed by atoms with Gasteiger partial charge >= 0.3 is 0 Å². The third-order valence-electron chi connectivity index (χ3n) is 3.01. The predicted molar refractivity (Wildman–Crippen MR) is 81.3 cm³/mol. The molecule has 2 heterocycles. The van der Waals surface area contributed by atoms with Gasteiger partial charge < -0.3 is 10.6 Å². The van der Waals surface area contributed by atoms with E-state index in [1.165, 1.54) is 0 Å². The van der Waals surface area contributed by atoms with Crippen molar-refractivity contribution >= 4 is 28.3 Å². The van der Waals surface area contributed by atoms with E-state index in [0.717, 1.165) is 10.9 Å². The lowest BCUT2D eigenvalue weighted by atomic mass is 10.2. The molecule has 0 radical (unpaired) electrons. The summed E-state index contributed by atoms with van der Waals surface area (Å²) in [5, 5.41) is 14.4. The molecule has 2 aromatic heterocycles. The van der Waals surface area contributed by atoms with E-state index in [4.69, 9.17) is 0 Å². The van der Waals surface area contributed by atoms with Crippen LogP contribution in [0.25, 0.3) is 10.9 Å². The van der Waals surface area contributed by atoms with Gasteiger partial charge in [-0.2, -0.15) is 0 Å². The molecule has 1 aromatic carbocycles. The first-order valence-electron chi connectivity index (χ1n) is 6.44. The third kappa shape index (κ3) is 2.79. The number of nitrogens with one attached hydrogen (secondary N) is 2. The number of amides is 1. The number of fused-ring (bicyclic) bond motifs is 1. The maximum absolute atomic E-state index is 12.1. The normalized spacial score (nSPS) is 10.3. The second-order valence-corrected chi connectivity index (χ2v) is 4.42. The molecule has 2 N–H and O–H groups in total. The van der Waals surface area contributed by atoms with Crippen molar-refractivity contribution in [1.82, 2.24) is 15.2 Å². The molecule has 0 saturated heterocycles. The highest BCUT2D eigenvalue weighted by atomic mass is 16.1. The van der Waals surface area contributed by atoms with Crippen LogP contribution in [0.3, 0.4) is 0 Å². The second kappa shape index (κ2) is 5.54. The smallest absolute Gasteiger partial charge is 0.276 e. The van der Waals surface area contributed by atoms with Crippen molar-refractivity contribution in [2.75, 3.05) is 17.7 Å². The molecule has 0 fully saturated rings. The van der Waals surface area contributed by atoms with E-state index < -0.39 is 0 Å². The predicted octanol–water partition coefficient (Wildman–Crippen LogP) is 2.32. The van der Waals surface area contributed by atoms with Crippen LogP contribution in [0.15, 0.2) is 48.7 Å². The van der Waals surface area contributed by atoms with E-state index in [9.17, 15) is 4.79 Å². The molecule has 0 saturated carbocycles. The molecule has 0 aliphatic rings. The van der Waals surface area contributed by atoms with Gasteiger partial charge in [0.1, 0.15) is 5.82 Å². The Morgan fingerprint density at radius 2 is 2.00 bits per heavy atom. The summed E-state index contributed by atoms with van der Waals surface area (Å²) in [5.74, 6) is 0.316. The topological polar surface area (TPSA) is 79.8 Å². The summed E-state index contributed by atoms with van der Waals surface area (Å²) in [7, 11) is 1.74. The Hall–Kier alpha value is -3.02. The molecule has 0 spiro atoms. The molecule has 0 aliphatic carbocycles. The number of pyridine rings is 1. The molecule has 6 heteroatoms. The second-order valence-electron chi connectivity index (χ2n) is 4.42. The first-order valence-corrected chi connectivity index (χ1v) is 6.44. The number of nitrogens with zero attached hydrogens (tertiary/aromatic N) is 3. The van der Waals surface area contributed by atoms with Crippen molar-refractivity contribution in [3.8, 4) is 0 Å². The molecular weight excluding hydrogens is 266 g/mol. The fourth-order valence-electron chi connectivity index (χ4n) is 1.94. The van der Waals surface area contributed by atoms with Gasteiger partial charge in [0.15, 0.2) is 5.69 Å². The van der Waals surface area contributed by atoms with Crippen molar-refractivity contribution in [3.05, 3.63) is 54.4 Å². The average molecular weight is 279 g/mol. The van der Waals surface area contributed by atoms with Crippen LogP contribution in [0.2, 0.25) is 0 Å². The number of benzene rings is 1. The zero-order chi connectivity index (χ0) is 14.7. The molecule has 0 unspecified atom stereocenters. The average Bonchev–Trinajstić information content (AvgIpc) is 2.55. The Bertz CT molecular complexity index is 785. The molecule has 21 heavy (non-hydrogen) atoms. The lowest BCUT2D eigenvalue weighted by Crippen LogP contribution is -2.14. The molecule has 0 bridgehead atoms. The van der Waals surface area contributed by atoms with Crippen LogP contribution in [0, 0.1) is 0 Å². The fourth-order valence-corrected chi connectivity index (χ4v) is 1.94. The fraction of sp³-hybridized carbons (Fsp3) is 0.0667. The summed E-state index contributed by atoms with van der Waals surface area (Å²) in [5.41, 5.74) is 1.84. The van der Waals surface area contributed by atoms with E-state index in [1.807, 2.05) is 30.3 Å². The Morgan fingerprint density at radius 1 is 1.10 bits per heavy atom. The summed E-state index contributed by atoms with van der Waals surface area (Å²) in [6.45, 7) is 0. The maximum atomic E-state index is 12.1. The maximum Gasteiger partial charge on any atom is 0.276 e. The summed E-state index contributed by atoms with van der Waals surface area (Å²) >= 11 is 0. The van der Waals surface area contributed by atoms with E-state index in [0.29, 0.717) is 11.5 Å². The quantitative estimate of drug-likeness (QED) is 0.769. The van der Waals surface area contributed by atoms with Crippen LogP contribution in [0.1, 0.15) is 10.5 Å². The molecule has 0 aliphatic heterocycles. The standard InChI is InChI=1S/C15H13N5O/c1-16-14-7-6-13(19-20-14)15(21)18-11-4-5-12-10(9-11)3-2-8-17-12/h2-9H,1H3,(H,16,20)(H,18,21). The number of rotatable bonds is 3. The third-order valence-corrected chi connectivity index (χ3v) is 3.01. The van der Waals surface area contributed by atoms with Gasteiger partial charge in [0.2, 0.25) is 0 Å². The lowest BCUT2D eigenvalue weighted by Gasteiger charge is -2.06. The highest BCUT2D eigenvalue weighted by Gasteiger charge is 2.08. The van der Waals surface area contributed by atoms with Crippen LogP contribution < -0.4 is 10.6 Å². The van der Waals surface area contributed by atoms with Gasteiger partial charge in [-0.1, -0.05) is 6.07 Å². The summed E-state index contributed by atoms with van der Waals surface area (Å²) in [6, 6.07) is 12.7. The summed E-state index contributed by atoms with van der Waals surface area (Å²) < 4.78 is 0. The van der Waals surface area contributed by atoms with Crippen LogP contribution in [0.4, 0.5) is 11.5 Å². The monoisotopic (exact) mass is 279 g/mol. The van der Waals surface area contributed by atoms with Crippen LogP contribution in [-0.2, 0) is 0 Å². The van der Waals surface area contributed by atoms with Gasteiger partial charge in [-0.25, -0.2) is 0 Å². The van der Waals surface area contributed by atoms with E-state index >= 15 is 0 Å². The minimum Gasteiger partial charge on any atom is -0.372 e. The molecule has 6 nitrogen and oxygen atoms in total. The van der Waals surface area contributed by atoms with Crippen molar-refractivity contribution in [2.45, 2.75) is 0 Å². The van der Waals surface area contributed by atoms with E-state index in [1.54, 1.807) is 25.4 Å². The van der Waals surface area contributed by atoms with Crippen LogP contribution in [-0.4, -0.2) is 28.1 Å². The first-order chi connectivity index (χ1) is 10.3. The van der Waals surface area contributed by atoms with Gasteiger partial charge in [0, 0.05) is 24.3 Å². The van der Waals surface area contributed by atoms with E-state index in [2.05, 4.69) is 25.8 Å². The largest absolute Gasteiger partial charge is 0.372 e. The van der Waals surface area contributed by atoms with Gasteiger partial charge in [-0.15, -0.1) is 10.2 Å². The minimum absolute atomic E-state index is 0.264. The number of anilines is 2. The Balaban J connectivity index is 1.81. The molecule has 1 amide bonds. The summed E-state index contributed by atoms with van der Waals surface area (Å²) in [4.78, 5) is 16.3. The number of hydrogen-bond donors (Lipinski definition) is 2. The first kappa shape index (κ1) is 13.0. The van der Waals surface area contributed by atoms with Crippen molar-refractivity contribution in [2.24, 2.45) is 0 Å².